The van der Waals surface area contributed by atoms with E-state index in [4.69, 9.17) is 11.6 Å². The van der Waals surface area contributed by atoms with Gasteiger partial charge >= 0.3 is 0 Å². The van der Waals surface area contributed by atoms with Crippen molar-refractivity contribution in [1.82, 2.24) is 10.2 Å². The number of carbonyl (C=O) groups excluding carboxylic acids is 2. The van der Waals surface area contributed by atoms with Crippen molar-refractivity contribution in [3.63, 3.8) is 0 Å². The molecule has 0 aliphatic heterocycles. The number of benzene rings is 1. The first-order chi connectivity index (χ1) is 9.90. The lowest BCUT2D eigenvalue weighted by atomic mass is 10.1. The maximum Gasteiger partial charge on any atom is 0.221 e. The highest BCUT2D eigenvalue weighted by atomic mass is 35.5. The molecule has 0 unspecified atom stereocenters. The predicted octanol–water partition coefficient (Wildman–Crippen LogP) is 2.65. The Kier molecular flexibility index (Phi) is 7.23. The van der Waals surface area contributed by atoms with Crippen LogP contribution in [0, 0.1) is 0 Å². The van der Waals surface area contributed by atoms with Crippen LogP contribution in [0.3, 0.4) is 0 Å². The smallest absolute Gasteiger partial charge is 0.221 e. The van der Waals surface area contributed by atoms with Crippen molar-refractivity contribution < 1.29 is 9.59 Å². The maximum absolute atomic E-state index is 11.8. The molecule has 1 aromatic rings. The van der Waals surface area contributed by atoms with Crippen LogP contribution in [0.5, 0.6) is 0 Å². The van der Waals surface area contributed by atoms with Gasteiger partial charge in [-0.3, -0.25) is 9.59 Å². The lowest BCUT2D eigenvalue weighted by Gasteiger charge is -2.24. The predicted molar refractivity (Wildman–Crippen MR) is 85.3 cm³/mol. The van der Waals surface area contributed by atoms with Gasteiger partial charge in [0.15, 0.2) is 0 Å². The largest absolute Gasteiger partial charge is 0.356 e. The highest BCUT2D eigenvalue weighted by molar-refractivity contribution is 6.30. The van der Waals surface area contributed by atoms with E-state index in [9.17, 15) is 9.59 Å². The van der Waals surface area contributed by atoms with E-state index in [1.165, 1.54) is 6.92 Å². The first-order valence-electron chi connectivity index (χ1n) is 7.18. The Morgan fingerprint density at radius 1 is 1.33 bits per heavy atom. The summed E-state index contributed by atoms with van der Waals surface area (Å²) in [5.41, 5.74) is 1.09. The summed E-state index contributed by atoms with van der Waals surface area (Å²) in [6, 6.07) is 7.71. The molecule has 1 aromatic carbocycles. The van der Waals surface area contributed by atoms with Crippen LogP contribution in [-0.4, -0.2) is 35.8 Å². The van der Waals surface area contributed by atoms with Gasteiger partial charge in [0.05, 0.1) is 0 Å². The molecule has 1 N–H and O–H groups in total. The molecular formula is C16H23ClN2O2. The fourth-order valence-corrected chi connectivity index (χ4v) is 2.34. The van der Waals surface area contributed by atoms with E-state index in [2.05, 4.69) is 5.32 Å². The van der Waals surface area contributed by atoms with E-state index in [1.54, 1.807) is 4.90 Å². The molecule has 0 atom stereocenters. The summed E-state index contributed by atoms with van der Waals surface area (Å²) in [6.45, 7) is 6.44. The molecule has 2 amide bonds. The summed E-state index contributed by atoms with van der Waals surface area (Å²) in [5, 5.41) is 3.57. The summed E-state index contributed by atoms with van der Waals surface area (Å²) in [6.07, 6.45) is 1.07. The second-order valence-electron chi connectivity index (χ2n) is 5.29. The lowest BCUT2D eigenvalue weighted by molar-refractivity contribution is -0.131. The maximum atomic E-state index is 11.8. The van der Waals surface area contributed by atoms with Crippen molar-refractivity contribution >= 4 is 23.4 Å². The third kappa shape index (κ3) is 6.63. The fourth-order valence-electron chi connectivity index (χ4n) is 2.13. The molecule has 0 aromatic heterocycles. The topological polar surface area (TPSA) is 49.4 Å². The van der Waals surface area contributed by atoms with Crippen LogP contribution in [0.15, 0.2) is 24.3 Å². The van der Waals surface area contributed by atoms with E-state index in [1.807, 2.05) is 38.1 Å². The van der Waals surface area contributed by atoms with Crippen LogP contribution >= 0.6 is 11.6 Å². The zero-order chi connectivity index (χ0) is 15.8. The van der Waals surface area contributed by atoms with Gasteiger partial charge in [-0.1, -0.05) is 23.7 Å². The summed E-state index contributed by atoms with van der Waals surface area (Å²) >= 11 is 5.91. The van der Waals surface area contributed by atoms with Crippen molar-refractivity contribution in [2.45, 2.75) is 39.7 Å². The minimum Gasteiger partial charge on any atom is -0.356 e. The molecule has 0 radical (unpaired) electrons. The van der Waals surface area contributed by atoms with E-state index >= 15 is 0 Å². The average Bonchev–Trinajstić information content (AvgIpc) is 2.38. The highest BCUT2D eigenvalue weighted by Gasteiger charge is 2.13. The van der Waals surface area contributed by atoms with Crippen molar-refractivity contribution in [3.8, 4) is 0 Å². The Balaban J connectivity index is 2.29. The van der Waals surface area contributed by atoms with Gasteiger partial charge in [0.25, 0.3) is 0 Å². The number of nitrogens with zero attached hydrogens (tertiary/aromatic N) is 1. The van der Waals surface area contributed by atoms with Gasteiger partial charge in [-0.15, -0.1) is 0 Å². The minimum absolute atomic E-state index is 0.00303. The molecule has 0 aliphatic carbocycles. The molecule has 0 saturated heterocycles. The second kappa shape index (κ2) is 8.67. The van der Waals surface area contributed by atoms with Crippen molar-refractivity contribution in [3.05, 3.63) is 34.9 Å². The lowest BCUT2D eigenvalue weighted by Crippen LogP contribution is -2.38. The zero-order valence-corrected chi connectivity index (χ0v) is 13.6. The molecule has 116 valence electrons. The molecule has 0 saturated carbocycles. The molecule has 4 nitrogen and oxygen atoms in total. The number of hydrogen-bond acceptors (Lipinski definition) is 2. The SMILES string of the molecule is CC(=O)N(CCC(=O)NCCc1cccc(Cl)c1)C(C)C. The zero-order valence-electron chi connectivity index (χ0n) is 12.9. The van der Waals surface area contributed by atoms with Gasteiger partial charge in [0, 0.05) is 37.5 Å². The Labute approximate surface area is 131 Å². The van der Waals surface area contributed by atoms with Crippen LogP contribution in [0.2, 0.25) is 5.02 Å². The van der Waals surface area contributed by atoms with Crippen LogP contribution < -0.4 is 5.32 Å². The molecule has 5 heteroatoms. The van der Waals surface area contributed by atoms with E-state index in [0.29, 0.717) is 24.5 Å². The molecule has 0 spiro atoms. The monoisotopic (exact) mass is 310 g/mol. The van der Waals surface area contributed by atoms with E-state index < -0.39 is 0 Å². The van der Waals surface area contributed by atoms with Gasteiger partial charge < -0.3 is 10.2 Å². The van der Waals surface area contributed by atoms with Gasteiger partial charge in [0.2, 0.25) is 11.8 Å². The first kappa shape index (κ1) is 17.5. The number of amides is 2. The molecule has 0 aliphatic rings. The van der Waals surface area contributed by atoms with E-state index in [0.717, 1.165) is 12.0 Å². The van der Waals surface area contributed by atoms with Crippen molar-refractivity contribution in [1.29, 1.82) is 0 Å². The number of nitrogens with one attached hydrogen (secondary N) is 1. The van der Waals surface area contributed by atoms with Crippen LogP contribution in [-0.2, 0) is 16.0 Å². The Hall–Kier alpha value is -1.55. The molecule has 0 bridgehead atoms. The normalized spacial score (nSPS) is 10.5. The van der Waals surface area contributed by atoms with Gasteiger partial charge in [-0.25, -0.2) is 0 Å². The molecular weight excluding hydrogens is 288 g/mol. The Bertz CT molecular complexity index is 489. The second-order valence-corrected chi connectivity index (χ2v) is 5.72. The number of rotatable bonds is 7. The average molecular weight is 311 g/mol. The third-order valence-corrected chi connectivity index (χ3v) is 3.47. The first-order valence-corrected chi connectivity index (χ1v) is 7.56. The molecule has 0 heterocycles. The van der Waals surface area contributed by atoms with Gasteiger partial charge in [0.1, 0.15) is 0 Å². The Morgan fingerprint density at radius 2 is 2.05 bits per heavy atom. The van der Waals surface area contributed by atoms with Crippen LogP contribution in [0.1, 0.15) is 32.8 Å². The van der Waals surface area contributed by atoms with E-state index in [-0.39, 0.29) is 17.9 Å². The highest BCUT2D eigenvalue weighted by Crippen LogP contribution is 2.10. The molecule has 21 heavy (non-hydrogen) atoms. The van der Waals surface area contributed by atoms with Crippen LogP contribution in [0.4, 0.5) is 0 Å². The minimum atomic E-state index is -0.0380. The van der Waals surface area contributed by atoms with Gasteiger partial charge in [-0.05, 0) is 38.0 Å². The molecule has 1 rings (SSSR count). The quantitative estimate of drug-likeness (QED) is 0.841. The number of halogens is 1. The van der Waals surface area contributed by atoms with Crippen LogP contribution in [0.25, 0.3) is 0 Å². The summed E-state index contributed by atoms with van der Waals surface area (Å²) < 4.78 is 0. The van der Waals surface area contributed by atoms with Crippen molar-refractivity contribution in [2.75, 3.05) is 13.1 Å². The Morgan fingerprint density at radius 3 is 2.62 bits per heavy atom. The van der Waals surface area contributed by atoms with Gasteiger partial charge in [-0.2, -0.15) is 0 Å². The summed E-state index contributed by atoms with van der Waals surface area (Å²) in [7, 11) is 0. The standard InChI is InChI=1S/C16H23ClN2O2/c1-12(2)19(13(3)20)10-8-16(21)18-9-7-14-5-4-6-15(17)11-14/h4-6,11-12H,7-10H2,1-3H3,(H,18,21). The summed E-state index contributed by atoms with van der Waals surface area (Å²) in [4.78, 5) is 24.9. The van der Waals surface area contributed by atoms with Crippen molar-refractivity contribution in [2.24, 2.45) is 0 Å². The fraction of sp³-hybridized carbons (Fsp3) is 0.500. The number of hydrogen-bond donors (Lipinski definition) is 1. The molecule has 0 fully saturated rings. The third-order valence-electron chi connectivity index (χ3n) is 3.23. The number of carbonyl (C=O) groups is 2. The summed E-state index contributed by atoms with van der Waals surface area (Å²) in [5.74, 6) is -0.0411.